The van der Waals surface area contributed by atoms with Crippen LogP contribution in [0.3, 0.4) is 0 Å². The van der Waals surface area contributed by atoms with E-state index < -0.39 is 34.3 Å². The molecule has 0 saturated heterocycles. The van der Waals surface area contributed by atoms with E-state index in [1.165, 1.54) is 11.0 Å². The van der Waals surface area contributed by atoms with Gasteiger partial charge < -0.3 is 10.2 Å². The average molecular weight is 546 g/mol. The minimum absolute atomic E-state index is 0.0380. The van der Waals surface area contributed by atoms with Crippen molar-refractivity contribution >= 4 is 50.7 Å². The summed E-state index contributed by atoms with van der Waals surface area (Å²) in [6.07, 6.45) is 1.25. The molecule has 2 amide bonds. The normalized spacial score (nSPS) is 12.3. The van der Waals surface area contributed by atoms with Crippen LogP contribution >= 0.6 is 23.2 Å². The van der Waals surface area contributed by atoms with E-state index in [0.717, 1.165) is 22.7 Å². The Morgan fingerprint density at radius 1 is 1.09 bits per heavy atom. The van der Waals surface area contributed by atoms with E-state index in [4.69, 9.17) is 23.2 Å². The molecule has 0 aliphatic rings. The topological polar surface area (TPSA) is 86.8 Å². The molecule has 0 saturated carbocycles. The fourth-order valence-corrected chi connectivity index (χ4v) is 4.52. The van der Waals surface area contributed by atoms with Crippen LogP contribution in [0.4, 0.5) is 10.1 Å². The van der Waals surface area contributed by atoms with Crippen molar-refractivity contribution in [1.82, 2.24) is 10.2 Å². The standard InChI is InChI=1S/C24H30Cl2FN3O4S/c1-5-22(24(32)28-13-16(2)3)29(14-17-6-8-18(25)9-7-17)23(31)15-30(35(4,33)34)19-10-11-21(27)20(26)12-19/h6-12,16,22H,5,13-15H2,1-4H3,(H,28,32)/t22-/m1/s1. The van der Waals surface area contributed by atoms with Crippen LogP contribution in [0.15, 0.2) is 42.5 Å². The molecule has 1 atom stereocenters. The Kier molecular flexibility index (Phi) is 10.4. The van der Waals surface area contributed by atoms with Gasteiger partial charge in [-0.15, -0.1) is 0 Å². The third-order valence-electron chi connectivity index (χ3n) is 5.21. The molecule has 7 nitrogen and oxygen atoms in total. The molecule has 0 aromatic heterocycles. The largest absolute Gasteiger partial charge is 0.354 e. The summed E-state index contributed by atoms with van der Waals surface area (Å²) in [5, 5.41) is 3.09. The van der Waals surface area contributed by atoms with E-state index in [2.05, 4.69) is 5.32 Å². The molecule has 0 fully saturated rings. The first kappa shape index (κ1) is 28.9. The molecule has 0 aliphatic heterocycles. The Morgan fingerprint density at radius 3 is 2.23 bits per heavy atom. The van der Waals surface area contributed by atoms with E-state index in [1.807, 2.05) is 13.8 Å². The number of benzene rings is 2. The number of rotatable bonds is 11. The summed E-state index contributed by atoms with van der Waals surface area (Å²) in [7, 11) is -3.94. The number of hydrogen-bond donors (Lipinski definition) is 1. The third kappa shape index (κ3) is 8.37. The lowest BCUT2D eigenvalue weighted by Crippen LogP contribution is -2.52. The first-order valence-electron chi connectivity index (χ1n) is 11.1. The van der Waals surface area contributed by atoms with Crippen LogP contribution in [0.1, 0.15) is 32.8 Å². The number of hydrogen-bond acceptors (Lipinski definition) is 4. The number of sulfonamides is 1. The zero-order valence-corrected chi connectivity index (χ0v) is 22.4. The molecule has 0 bridgehead atoms. The van der Waals surface area contributed by atoms with E-state index >= 15 is 0 Å². The van der Waals surface area contributed by atoms with Crippen molar-refractivity contribution in [2.24, 2.45) is 5.92 Å². The van der Waals surface area contributed by atoms with Gasteiger partial charge in [-0.3, -0.25) is 13.9 Å². The second-order valence-corrected chi connectivity index (χ2v) is 11.3. The summed E-state index contributed by atoms with van der Waals surface area (Å²) in [6.45, 7) is 5.58. The number of carbonyl (C=O) groups is 2. The summed E-state index contributed by atoms with van der Waals surface area (Å²) in [4.78, 5) is 27.9. The Hall–Kier alpha value is -2.36. The second kappa shape index (κ2) is 12.6. The van der Waals surface area contributed by atoms with Gasteiger partial charge >= 0.3 is 0 Å². The van der Waals surface area contributed by atoms with Gasteiger partial charge in [0.1, 0.15) is 18.4 Å². The monoisotopic (exact) mass is 545 g/mol. The van der Waals surface area contributed by atoms with Gasteiger partial charge in [0.25, 0.3) is 0 Å². The van der Waals surface area contributed by atoms with Crippen LogP contribution in [-0.4, -0.2) is 50.5 Å². The van der Waals surface area contributed by atoms with Gasteiger partial charge in [-0.2, -0.15) is 0 Å². The number of anilines is 1. The molecule has 11 heteroatoms. The van der Waals surface area contributed by atoms with Gasteiger partial charge in [0.05, 0.1) is 17.0 Å². The van der Waals surface area contributed by atoms with E-state index in [1.54, 1.807) is 31.2 Å². The lowest BCUT2D eigenvalue weighted by atomic mass is 10.1. The highest BCUT2D eigenvalue weighted by Gasteiger charge is 2.32. The predicted octanol–water partition coefficient (Wildman–Crippen LogP) is 4.48. The summed E-state index contributed by atoms with van der Waals surface area (Å²) in [5.41, 5.74) is 0.754. The molecule has 0 heterocycles. The Bertz CT molecular complexity index is 1140. The Labute approximate surface area is 216 Å². The van der Waals surface area contributed by atoms with Crippen molar-refractivity contribution in [3.05, 3.63) is 63.9 Å². The van der Waals surface area contributed by atoms with Crippen molar-refractivity contribution in [3.8, 4) is 0 Å². The fourth-order valence-electron chi connectivity index (χ4n) is 3.38. The highest BCUT2D eigenvalue weighted by molar-refractivity contribution is 7.92. The molecule has 2 aromatic carbocycles. The van der Waals surface area contributed by atoms with Crippen LogP contribution in [0.5, 0.6) is 0 Å². The highest BCUT2D eigenvalue weighted by atomic mass is 35.5. The minimum Gasteiger partial charge on any atom is -0.354 e. The minimum atomic E-state index is -3.94. The average Bonchev–Trinajstić information content (AvgIpc) is 2.78. The van der Waals surface area contributed by atoms with Crippen molar-refractivity contribution in [2.45, 2.75) is 39.8 Å². The summed E-state index contributed by atoms with van der Waals surface area (Å²) in [5.74, 6) is -1.44. The lowest BCUT2D eigenvalue weighted by molar-refractivity contribution is -0.140. The smallest absolute Gasteiger partial charge is 0.244 e. The molecule has 1 N–H and O–H groups in total. The zero-order chi connectivity index (χ0) is 26.3. The molecular weight excluding hydrogens is 516 g/mol. The first-order valence-corrected chi connectivity index (χ1v) is 13.7. The predicted molar refractivity (Wildman–Crippen MR) is 138 cm³/mol. The van der Waals surface area contributed by atoms with Crippen molar-refractivity contribution in [2.75, 3.05) is 23.7 Å². The van der Waals surface area contributed by atoms with Gasteiger partial charge in [0, 0.05) is 18.1 Å². The molecule has 0 radical (unpaired) electrons. The Balaban J connectivity index is 2.43. The second-order valence-electron chi connectivity index (χ2n) is 8.58. The third-order valence-corrected chi connectivity index (χ3v) is 6.89. The van der Waals surface area contributed by atoms with Crippen LogP contribution < -0.4 is 9.62 Å². The maximum absolute atomic E-state index is 13.7. The lowest BCUT2D eigenvalue weighted by Gasteiger charge is -2.33. The van der Waals surface area contributed by atoms with Gasteiger partial charge in [0.2, 0.25) is 21.8 Å². The Morgan fingerprint density at radius 2 is 1.71 bits per heavy atom. The molecule has 192 valence electrons. The van der Waals surface area contributed by atoms with E-state index in [0.29, 0.717) is 23.6 Å². The highest BCUT2D eigenvalue weighted by Crippen LogP contribution is 2.25. The van der Waals surface area contributed by atoms with Crippen LogP contribution in [0.2, 0.25) is 10.0 Å². The van der Waals surface area contributed by atoms with Gasteiger partial charge in [-0.25, -0.2) is 12.8 Å². The number of amides is 2. The van der Waals surface area contributed by atoms with Crippen LogP contribution in [0.25, 0.3) is 0 Å². The molecule has 0 unspecified atom stereocenters. The summed E-state index contributed by atoms with van der Waals surface area (Å²) in [6, 6.07) is 9.36. The molecular formula is C24H30Cl2FN3O4S. The molecule has 2 rings (SSSR count). The maximum atomic E-state index is 13.7. The SMILES string of the molecule is CC[C@H](C(=O)NCC(C)C)N(Cc1ccc(Cl)cc1)C(=O)CN(c1ccc(F)c(Cl)c1)S(C)(=O)=O. The van der Waals surface area contributed by atoms with Crippen LogP contribution in [-0.2, 0) is 26.2 Å². The van der Waals surface area contributed by atoms with Gasteiger partial charge in [-0.05, 0) is 48.2 Å². The van der Waals surface area contributed by atoms with Crippen molar-refractivity contribution < 1.29 is 22.4 Å². The van der Waals surface area contributed by atoms with E-state index in [-0.39, 0.29) is 29.1 Å². The summed E-state index contributed by atoms with van der Waals surface area (Å²) < 4.78 is 39.6. The van der Waals surface area contributed by atoms with Gasteiger partial charge in [-0.1, -0.05) is 56.1 Å². The zero-order valence-electron chi connectivity index (χ0n) is 20.1. The number of nitrogens with zero attached hydrogens (tertiary/aromatic N) is 2. The maximum Gasteiger partial charge on any atom is 0.244 e. The van der Waals surface area contributed by atoms with Crippen molar-refractivity contribution in [1.29, 1.82) is 0 Å². The van der Waals surface area contributed by atoms with Gasteiger partial charge in [0.15, 0.2) is 0 Å². The number of carbonyl (C=O) groups excluding carboxylic acids is 2. The quantitative estimate of drug-likeness (QED) is 0.451. The van der Waals surface area contributed by atoms with Crippen molar-refractivity contribution in [3.63, 3.8) is 0 Å². The molecule has 2 aromatic rings. The molecule has 0 aliphatic carbocycles. The molecule has 35 heavy (non-hydrogen) atoms. The van der Waals surface area contributed by atoms with Crippen LogP contribution in [0, 0.1) is 11.7 Å². The first-order chi connectivity index (χ1) is 16.3. The molecule has 0 spiro atoms. The fraction of sp³-hybridized carbons (Fsp3) is 0.417. The number of halogens is 3. The number of nitrogens with one attached hydrogen (secondary N) is 1. The summed E-state index contributed by atoms with van der Waals surface area (Å²) >= 11 is 11.8. The van der Waals surface area contributed by atoms with E-state index in [9.17, 15) is 22.4 Å².